The third-order valence-corrected chi connectivity index (χ3v) is 4.61. The third-order valence-electron chi connectivity index (χ3n) is 4.61. The number of rotatable bonds is 5. The first-order valence-corrected chi connectivity index (χ1v) is 8.24. The zero-order chi connectivity index (χ0) is 16.9. The summed E-state index contributed by atoms with van der Waals surface area (Å²) >= 11 is 0. The molecule has 0 aliphatic carbocycles. The second kappa shape index (κ2) is 7.59. The Morgan fingerprint density at radius 2 is 2.17 bits per heavy atom. The summed E-state index contributed by atoms with van der Waals surface area (Å²) in [4.78, 5) is 13.8. The average Bonchev–Trinajstić information content (AvgIpc) is 3.16. The van der Waals surface area contributed by atoms with Gasteiger partial charge in [0.05, 0.1) is 12.8 Å². The molecular weight excluding hydrogens is 306 g/mol. The molecule has 0 radical (unpaired) electrons. The number of ether oxygens (including phenoxy) is 1. The quantitative estimate of drug-likeness (QED) is 0.844. The van der Waals surface area contributed by atoms with Gasteiger partial charge in [0.2, 0.25) is 0 Å². The van der Waals surface area contributed by atoms with Crippen molar-refractivity contribution in [3.63, 3.8) is 0 Å². The highest BCUT2D eigenvalue weighted by atomic mass is 16.5. The van der Waals surface area contributed by atoms with E-state index >= 15 is 0 Å². The van der Waals surface area contributed by atoms with Gasteiger partial charge in [-0.2, -0.15) is 5.10 Å². The topological polar surface area (TPSA) is 67.6 Å². The van der Waals surface area contributed by atoms with Crippen LogP contribution in [0.25, 0.3) is 5.69 Å². The van der Waals surface area contributed by atoms with Crippen molar-refractivity contribution in [2.24, 2.45) is 5.92 Å². The number of benzene rings is 1. The molecule has 0 spiro atoms. The Labute approximate surface area is 141 Å². The second-order valence-corrected chi connectivity index (χ2v) is 6.20. The van der Waals surface area contributed by atoms with Crippen molar-refractivity contribution in [2.45, 2.75) is 25.5 Å². The first-order chi connectivity index (χ1) is 11.7. The molecule has 24 heavy (non-hydrogen) atoms. The molecule has 0 saturated carbocycles. The number of hydrogen-bond donors (Lipinski definition) is 1. The number of aromatic nitrogens is 2. The molecule has 1 saturated heterocycles. The summed E-state index contributed by atoms with van der Waals surface area (Å²) in [7, 11) is 1.31. The molecule has 1 aromatic carbocycles. The minimum absolute atomic E-state index is 0.0101. The molecule has 0 bridgehead atoms. The molecule has 1 aliphatic heterocycles. The lowest BCUT2D eigenvalue weighted by Gasteiger charge is -2.33. The standard InChI is InChI=1S/C18H23N3O3/c1-24-18(23)17(22)15-6-10-20(11-7-15)13-14-4-2-5-16(12-14)21-9-3-8-19-21/h2-5,8-9,12,15,17,22H,6-7,10-11,13H2,1H3/t17-/m0/s1. The van der Waals surface area contributed by atoms with Gasteiger partial charge in [0, 0.05) is 18.9 Å². The van der Waals surface area contributed by atoms with Gasteiger partial charge in [0.1, 0.15) is 0 Å². The molecule has 6 heteroatoms. The van der Waals surface area contributed by atoms with Crippen LogP contribution >= 0.6 is 0 Å². The Hall–Kier alpha value is -2.18. The molecule has 6 nitrogen and oxygen atoms in total. The molecule has 2 heterocycles. The maximum Gasteiger partial charge on any atom is 0.334 e. The summed E-state index contributed by atoms with van der Waals surface area (Å²) in [5.74, 6) is -0.538. The van der Waals surface area contributed by atoms with Crippen LogP contribution in [-0.4, -0.2) is 52.1 Å². The molecule has 1 aliphatic rings. The van der Waals surface area contributed by atoms with Crippen molar-refractivity contribution in [1.29, 1.82) is 0 Å². The van der Waals surface area contributed by atoms with Gasteiger partial charge in [-0.05, 0) is 55.6 Å². The van der Waals surface area contributed by atoms with Crippen LogP contribution in [0.4, 0.5) is 0 Å². The molecule has 0 unspecified atom stereocenters. The van der Waals surface area contributed by atoms with Crippen LogP contribution in [0.15, 0.2) is 42.7 Å². The molecular formula is C18H23N3O3. The fourth-order valence-electron chi connectivity index (χ4n) is 3.22. The summed E-state index contributed by atoms with van der Waals surface area (Å²) in [6.07, 6.45) is 4.30. The normalized spacial score (nSPS) is 17.6. The van der Waals surface area contributed by atoms with Crippen molar-refractivity contribution in [1.82, 2.24) is 14.7 Å². The first kappa shape index (κ1) is 16.7. The molecule has 1 fully saturated rings. The summed E-state index contributed by atoms with van der Waals surface area (Å²) in [6.45, 7) is 2.59. The molecule has 0 amide bonds. The third kappa shape index (κ3) is 3.83. The van der Waals surface area contributed by atoms with Crippen molar-refractivity contribution < 1.29 is 14.6 Å². The number of aliphatic hydroxyl groups excluding tert-OH is 1. The predicted octanol–water partition coefficient (Wildman–Crippen LogP) is 1.62. The van der Waals surface area contributed by atoms with Crippen molar-refractivity contribution in [2.75, 3.05) is 20.2 Å². The number of nitrogens with zero attached hydrogens (tertiary/aromatic N) is 3. The summed E-state index contributed by atoms with van der Waals surface area (Å²) < 4.78 is 6.48. The SMILES string of the molecule is COC(=O)[C@@H](O)C1CCN(Cc2cccc(-n3cccn3)c2)CC1. The second-order valence-electron chi connectivity index (χ2n) is 6.20. The monoisotopic (exact) mass is 329 g/mol. The molecule has 1 aromatic heterocycles. The number of methoxy groups -OCH3 is 1. The van der Waals surface area contributed by atoms with Gasteiger partial charge in [0.25, 0.3) is 0 Å². The highest BCUT2D eigenvalue weighted by molar-refractivity contribution is 5.74. The fraction of sp³-hybridized carbons (Fsp3) is 0.444. The number of likely N-dealkylation sites (tertiary alicyclic amines) is 1. The van der Waals surface area contributed by atoms with Gasteiger partial charge >= 0.3 is 5.97 Å². The Kier molecular flexibility index (Phi) is 5.27. The first-order valence-electron chi connectivity index (χ1n) is 8.24. The van der Waals surface area contributed by atoms with Gasteiger partial charge in [-0.1, -0.05) is 12.1 Å². The number of hydrogen-bond acceptors (Lipinski definition) is 5. The lowest BCUT2D eigenvalue weighted by molar-refractivity contribution is -0.154. The predicted molar refractivity (Wildman–Crippen MR) is 89.6 cm³/mol. The fourth-order valence-corrected chi connectivity index (χ4v) is 3.22. The smallest absolute Gasteiger partial charge is 0.334 e. The van der Waals surface area contributed by atoms with Gasteiger partial charge < -0.3 is 9.84 Å². The Morgan fingerprint density at radius 1 is 1.38 bits per heavy atom. The highest BCUT2D eigenvalue weighted by Gasteiger charge is 2.30. The maximum absolute atomic E-state index is 11.4. The molecule has 1 atom stereocenters. The van der Waals surface area contributed by atoms with E-state index in [1.165, 1.54) is 12.7 Å². The number of carbonyl (C=O) groups is 1. The minimum Gasteiger partial charge on any atom is -0.467 e. The van der Waals surface area contributed by atoms with Gasteiger partial charge in [-0.25, -0.2) is 9.48 Å². The van der Waals surface area contributed by atoms with E-state index in [1.807, 2.05) is 29.1 Å². The van der Waals surface area contributed by atoms with Crippen LogP contribution in [0.1, 0.15) is 18.4 Å². The van der Waals surface area contributed by atoms with Gasteiger partial charge in [-0.3, -0.25) is 4.90 Å². The van der Waals surface area contributed by atoms with E-state index in [4.69, 9.17) is 0 Å². The number of piperidine rings is 1. The Morgan fingerprint density at radius 3 is 2.83 bits per heavy atom. The van der Waals surface area contributed by atoms with Crippen LogP contribution in [0.5, 0.6) is 0 Å². The van der Waals surface area contributed by atoms with Crippen molar-refractivity contribution in [3.8, 4) is 5.69 Å². The van der Waals surface area contributed by atoms with E-state index in [-0.39, 0.29) is 5.92 Å². The van der Waals surface area contributed by atoms with E-state index in [0.717, 1.165) is 38.2 Å². The highest BCUT2D eigenvalue weighted by Crippen LogP contribution is 2.23. The van der Waals surface area contributed by atoms with E-state index < -0.39 is 12.1 Å². The van der Waals surface area contributed by atoms with Crippen molar-refractivity contribution >= 4 is 5.97 Å². The Bertz CT molecular complexity index is 664. The van der Waals surface area contributed by atoms with E-state index in [0.29, 0.717) is 0 Å². The van der Waals surface area contributed by atoms with Crippen LogP contribution in [0.3, 0.4) is 0 Å². The molecule has 1 N–H and O–H groups in total. The van der Waals surface area contributed by atoms with Crippen LogP contribution in [0.2, 0.25) is 0 Å². The maximum atomic E-state index is 11.4. The number of carbonyl (C=O) groups excluding carboxylic acids is 1. The van der Waals surface area contributed by atoms with Gasteiger partial charge in [-0.15, -0.1) is 0 Å². The molecule has 128 valence electrons. The van der Waals surface area contributed by atoms with Crippen LogP contribution < -0.4 is 0 Å². The zero-order valence-corrected chi connectivity index (χ0v) is 13.8. The zero-order valence-electron chi connectivity index (χ0n) is 13.8. The number of aliphatic hydroxyl groups is 1. The van der Waals surface area contributed by atoms with Crippen LogP contribution in [0, 0.1) is 5.92 Å². The van der Waals surface area contributed by atoms with Crippen LogP contribution in [-0.2, 0) is 16.1 Å². The number of esters is 1. The van der Waals surface area contributed by atoms with Crippen molar-refractivity contribution in [3.05, 3.63) is 48.3 Å². The van der Waals surface area contributed by atoms with E-state index in [2.05, 4.69) is 26.9 Å². The lowest BCUT2D eigenvalue weighted by Crippen LogP contribution is -2.40. The Balaban J connectivity index is 1.57. The van der Waals surface area contributed by atoms with E-state index in [9.17, 15) is 9.90 Å². The largest absolute Gasteiger partial charge is 0.467 e. The summed E-state index contributed by atoms with van der Waals surface area (Å²) in [6, 6.07) is 10.2. The molecule has 2 aromatic rings. The van der Waals surface area contributed by atoms with E-state index in [1.54, 1.807) is 6.20 Å². The summed E-state index contributed by atoms with van der Waals surface area (Å²) in [5, 5.41) is 14.2. The minimum atomic E-state index is -1.000. The lowest BCUT2D eigenvalue weighted by atomic mass is 9.91. The molecule has 3 rings (SSSR count). The average molecular weight is 329 g/mol. The van der Waals surface area contributed by atoms with Gasteiger partial charge in [0.15, 0.2) is 6.10 Å². The summed E-state index contributed by atoms with van der Waals surface area (Å²) in [5.41, 5.74) is 2.28.